The number of esters is 1. The van der Waals surface area contributed by atoms with Gasteiger partial charge in [-0.3, -0.25) is 4.79 Å². The average Bonchev–Trinajstić information content (AvgIpc) is 2.75. The van der Waals surface area contributed by atoms with Crippen LogP contribution in [0.2, 0.25) is 0 Å². The predicted molar refractivity (Wildman–Crippen MR) is 161 cm³/mol. The maximum Gasteiger partial charge on any atom is 0.314 e. The highest BCUT2D eigenvalue weighted by atomic mass is 16.5. The number of phenols is 1. The molecule has 2 aromatic rings. The molecule has 0 spiro atoms. The summed E-state index contributed by atoms with van der Waals surface area (Å²) >= 11 is 0. The Hall–Kier alpha value is -2.29. The second-order valence-corrected chi connectivity index (χ2v) is 15.2. The van der Waals surface area contributed by atoms with Gasteiger partial charge in [-0.15, -0.1) is 0 Å². The molecule has 2 rings (SSSR count). The van der Waals surface area contributed by atoms with E-state index in [1.54, 1.807) is 0 Å². The van der Waals surface area contributed by atoms with Crippen LogP contribution >= 0.6 is 0 Å². The Labute approximate surface area is 233 Å². The molecular weight excluding hydrogens is 468 g/mol. The zero-order valence-corrected chi connectivity index (χ0v) is 26.5. The second kappa shape index (κ2) is 11.4. The fraction of sp³-hybridized carbons (Fsp3) is 0.629. The van der Waals surface area contributed by atoms with Gasteiger partial charge >= 0.3 is 5.97 Å². The minimum Gasteiger partial charge on any atom is -0.508 e. The van der Waals surface area contributed by atoms with Crippen molar-refractivity contribution in [2.75, 3.05) is 0 Å². The number of benzene rings is 2. The van der Waals surface area contributed by atoms with Crippen molar-refractivity contribution in [3.05, 3.63) is 58.7 Å². The van der Waals surface area contributed by atoms with E-state index in [-0.39, 0.29) is 45.2 Å². The molecule has 0 amide bonds. The van der Waals surface area contributed by atoms with E-state index < -0.39 is 0 Å². The Bertz CT molecular complexity index is 1110. The Morgan fingerprint density at radius 3 is 1.66 bits per heavy atom. The highest BCUT2D eigenvalue weighted by Crippen LogP contribution is 2.44. The molecule has 2 unspecified atom stereocenters. The quantitative estimate of drug-likeness (QED) is 0.263. The third-order valence-electron chi connectivity index (χ3n) is 7.70. The lowest BCUT2D eigenvalue weighted by Crippen LogP contribution is -2.25. The summed E-state index contributed by atoms with van der Waals surface area (Å²) < 4.78 is 5.99. The molecule has 1 N–H and O–H groups in total. The van der Waals surface area contributed by atoms with E-state index in [4.69, 9.17) is 4.74 Å². The lowest BCUT2D eigenvalue weighted by molar-refractivity contribution is -0.138. The van der Waals surface area contributed by atoms with Crippen LogP contribution in [0.25, 0.3) is 0 Å². The molecule has 0 saturated carbocycles. The summed E-state index contributed by atoms with van der Waals surface area (Å²) in [7, 11) is 0. The highest BCUT2D eigenvalue weighted by molar-refractivity contribution is 5.75. The summed E-state index contributed by atoms with van der Waals surface area (Å²) in [4.78, 5) is 12.8. The molecule has 0 aliphatic rings. The standard InChI is InChI=1S/C35H54O3/c1-14-23(2)31(37)38-30-18-16-26(35(12,13)22-33(7,8)9)20-28(30)24(3)27-19-25(15-17-29(27)36)34(10,11)21-32(4,5)6/h15-20,23-24,36H,14,21-22H2,1-13H3. The van der Waals surface area contributed by atoms with Crippen molar-refractivity contribution in [3.63, 3.8) is 0 Å². The van der Waals surface area contributed by atoms with Gasteiger partial charge in [-0.05, 0) is 64.2 Å². The maximum atomic E-state index is 12.8. The Kier molecular flexibility index (Phi) is 9.61. The molecule has 2 aromatic carbocycles. The first-order chi connectivity index (χ1) is 17.2. The smallest absolute Gasteiger partial charge is 0.314 e. The summed E-state index contributed by atoms with van der Waals surface area (Å²) in [5.74, 6) is 0.297. The molecule has 0 heterocycles. The molecule has 0 aromatic heterocycles. The van der Waals surface area contributed by atoms with E-state index >= 15 is 0 Å². The minimum absolute atomic E-state index is 0.0528. The highest BCUT2D eigenvalue weighted by Gasteiger charge is 2.31. The number of phenolic OH excluding ortho intramolecular Hbond substituents is 1. The van der Waals surface area contributed by atoms with E-state index in [2.05, 4.69) is 94.4 Å². The number of hydrogen-bond donors (Lipinski definition) is 1. The maximum absolute atomic E-state index is 12.8. The molecule has 3 nitrogen and oxygen atoms in total. The van der Waals surface area contributed by atoms with Crippen LogP contribution in [0.4, 0.5) is 0 Å². The molecule has 0 aliphatic heterocycles. The normalized spacial score (nSPS) is 14.8. The topological polar surface area (TPSA) is 46.5 Å². The second-order valence-electron chi connectivity index (χ2n) is 15.2. The number of carbonyl (C=O) groups is 1. The van der Waals surface area contributed by atoms with Gasteiger partial charge in [0.15, 0.2) is 0 Å². The molecule has 3 heteroatoms. The summed E-state index contributed by atoms with van der Waals surface area (Å²) in [5.41, 5.74) is 4.43. The first-order valence-corrected chi connectivity index (χ1v) is 14.4. The van der Waals surface area contributed by atoms with Crippen LogP contribution < -0.4 is 4.74 Å². The van der Waals surface area contributed by atoms with Gasteiger partial charge in [-0.2, -0.15) is 0 Å². The van der Waals surface area contributed by atoms with Gasteiger partial charge in [0.05, 0.1) is 5.92 Å². The number of hydrogen-bond acceptors (Lipinski definition) is 3. The summed E-state index contributed by atoms with van der Waals surface area (Å²) in [6.07, 6.45) is 2.76. The van der Waals surface area contributed by atoms with E-state index in [1.807, 2.05) is 32.0 Å². The number of aromatic hydroxyl groups is 1. The molecule has 0 fully saturated rings. The molecule has 0 saturated heterocycles. The number of ether oxygens (including phenoxy) is 1. The fourth-order valence-electron chi connectivity index (χ4n) is 6.12. The van der Waals surface area contributed by atoms with Crippen molar-refractivity contribution in [1.82, 2.24) is 0 Å². The van der Waals surface area contributed by atoms with Crippen LogP contribution in [-0.2, 0) is 15.6 Å². The number of carbonyl (C=O) groups excluding carboxylic acids is 1. The van der Waals surface area contributed by atoms with Gasteiger partial charge in [0.1, 0.15) is 11.5 Å². The van der Waals surface area contributed by atoms with E-state index in [1.165, 1.54) is 11.1 Å². The third-order valence-corrected chi connectivity index (χ3v) is 7.70. The molecule has 0 aliphatic carbocycles. The fourth-order valence-corrected chi connectivity index (χ4v) is 6.12. The van der Waals surface area contributed by atoms with Crippen LogP contribution in [0.5, 0.6) is 11.5 Å². The summed E-state index contributed by atoms with van der Waals surface area (Å²) in [5, 5.41) is 11.0. The van der Waals surface area contributed by atoms with Gasteiger partial charge < -0.3 is 9.84 Å². The largest absolute Gasteiger partial charge is 0.508 e. The van der Waals surface area contributed by atoms with Gasteiger partial charge in [0.25, 0.3) is 0 Å². The van der Waals surface area contributed by atoms with Crippen molar-refractivity contribution in [2.45, 2.75) is 126 Å². The van der Waals surface area contributed by atoms with Gasteiger partial charge in [0.2, 0.25) is 0 Å². The minimum atomic E-state index is -0.216. The molecule has 0 radical (unpaired) electrons. The van der Waals surface area contributed by atoms with Crippen LogP contribution in [0, 0.1) is 16.7 Å². The van der Waals surface area contributed by atoms with Crippen LogP contribution in [0.1, 0.15) is 137 Å². The molecule has 0 bridgehead atoms. The SMILES string of the molecule is CCC(C)C(=O)Oc1ccc(C(C)(C)CC(C)(C)C)cc1C(C)c1cc(C(C)(C)CC(C)(C)C)ccc1O. The van der Waals surface area contributed by atoms with Gasteiger partial charge in [-0.25, -0.2) is 0 Å². The van der Waals surface area contributed by atoms with E-state index in [9.17, 15) is 9.90 Å². The zero-order valence-electron chi connectivity index (χ0n) is 26.5. The number of rotatable bonds is 9. The van der Waals surface area contributed by atoms with Gasteiger partial charge in [-0.1, -0.05) is 114 Å². The van der Waals surface area contributed by atoms with Crippen molar-refractivity contribution in [3.8, 4) is 11.5 Å². The lowest BCUT2D eigenvalue weighted by atomic mass is 9.71. The van der Waals surface area contributed by atoms with Gasteiger partial charge in [0, 0.05) is 17.0 Å². The molecule has 38 heavy (non-hydrogen) atoms. The lowest BCUT2D eigenvalue weighted by Gasteiger charge is -2.34. The zero-order chi connectivity index (χ0) is 29.3. The Balaban J connectivity index is 2.66. The average molecular weight is 523 g/mol. The van der Waals surface area contributed by atoms with E-state index in [0.717, 1.165) is 30.4 Å². The third kappa shape index (κ3) is 8.35. The monoisotopic (exact) mass is 522 g/mol. The van der Waals surface area contributed by atoms with Crippen LogP contribution in [-0.4, -0.2) is 11.1 Å². The summed E-state index contributed by atoms with van der Waals surface area (Å²) in [6.45, 7) is 28.7. The van der Waals surface area contributed by atoms with E-state index in [0.29, 0.717) is 5.75 Å². The van der Waals surface area contributed by atoms with Crippen molar-refractivity contribution in [2.24, 2.45) is 16.7 Å². The first-order valence-electron chi connectivity index (χ1n) is 14.4. The molecule has 2 atom stereocenters. The van der Waals surface area contributed by atoms with Crippen molar-refractivity contribution >= 4 is 5.97 Å². The Morgan fingerprint density at radius 2 is 1.21 bits per heavy atom. The first kappa shape index (κ1) is 31.9. The Morgan fingerprint density at radius 1 is 0.763 bits per heavy atom. The molecular formula is C35H54O3. The predicted octanol–water partition coefficient (Wildman–Crippen LogP) is 9.92. The summed E-state index contributed by atoms with van der Waals surface area (Å²) in [6, 6.07) is 12.3. The van der Waals surface area contributed by atoms with Crippen LogP contribution in [0.3, 0.4) is 0 Å². The van der Waals surface area contributed by atoms with Crippen LogP contribution in [0.15, 0.2) is 36.4 Å². The van der Waals surface area contributed by atoms with Crippen molar-refractivity contribution < 1.29 is 14.6 Å². The van der Waals surface area contributed by atoms with Crippen molar-refractivity contribution in [1.29, 1.82) is 0 Å². The molecule has 212 valence electrons.